The zero-order valence-corrected chi connectivity index (χ0v) is 90.9. The maximum Gasteiger partial charge on any atom is 0.304 e. The van der Waals surface area contributed by atoms with E-state index in [1.165, 1.54) is 108 Å². The number of rotatable bonds is 25. The Morgan fingerprint density at radius 2 is 0.600 bits per heavy atom. The predicted octanol–water partition coefficient (Wildman–Crippen LogP) is 24.1. The van der Waals surface area contributed by atoms with Crippen molar-refractivity contribution in [2.24, 2.45) is 0 Å². The van der Waals surface area contributed by atoms with E-state index in [4.69, 9.17) is 58.0 Å². The Hall–Kier alpha value is -9.95. The monoisotopic (exact) mass is 2290 g/mol. The first kappa shape index (κ1) is 108. The summed E-state index contributed by atoms with van der Waals surface area (Å²) in [5, 5.41) is 52.8. The zero-order valence-electron chi connectivity index (χ0n) is 78.1. The Bertz CT molecular complexity index is 7960. The van der Waals surface area contributed by atoms with E-state index in [2.05, 4.69) is 51.7 Å². The number of pyridine rings is 5. The molecule has 0 saturated heterocycles. The molecule has 145 heavy (non-hydrogen) atoms. The van der Waals surface area contributed by atoms with Crippen LogP contribution in [0.15, 0.2) is 245 Å². The van der Waals surface area contributed by atoms with Crippen LogP contribution in [0.4, 0.5) is 0 Å². The molecule has 15 aromatic rings. The average Bonchev–Trinajstić information content (AvgIpc) is 1.58. The average molecular weight is 2300 g/mol. The van der Waals surface area contributed by atoms with E-state index in [1.54, 1.807) is 78.1 Å². The number of benzene rings is 5. The molecule has 0 fully saturated rings. The number of thioether (sulfide) groups is 1. The fraction of sp³-hybridized carbons (Fsp3) is 0.297. The summed E-state index contributed by atoms with van der Waals surface area (Å²) in [5.41, 5.74) is 7.89. The van der Waals surface area contributed by atoms with Gasteiger partial charge in [-0.15, -0.1) is 11.8 Å². The number of hydrogen-bond acceptors (Lipinski definition) is 24. The van der Waals surface area contributed by atoms with Crippen LogP contribution in [0, 0.1) is 0 Å². The minimum atomic E-state index is -3.66. The van der Waals surface area contributed by atoms with Gasteiger partial charge in [0.2, 0.25) is 0 Å². The van der Waals surface area contributed by atoms with E-state index in [-0.39, 0.29) is 92.1 Å². The molecule has 0 radical (unpaired) electrons. The summed E-state index contributed by atoms with van der Waals surface area (Å²) < 4.78 is 111. The van der Waals surface area contributed by atoms with E-state index >= 15 is 0 Å². The molecular formula is C101H94BrCl5N10O19S9. The van der Waals surface area contributed by atoms with Gasteiger partial charge in [0.1, 0.15) is 28.2 Å². The topological polar surface area (TPSA) is 429 Å². The first-order valence-electron chi connectivity index (χ1n) is 45.7. The van der Waals surface area contributed by atoms with E-state index in [0.29, 0.717) is 125 Å². The molecule has 0 bridgehead atoms. The van der Waals surface area contributed by atoms with Gasteiger partial charge in [-0.25, -0.2) is 58.6 Å². The molecule has 5 atom stereocenters. The highest BCUT2D eigenvalue weighted by Crippen LogP contribution is 2.54. The third-order valence-corrected chi connectivity index (χ3v) is 37.5. The number of sulfone groups is 4. The second-order valence-electron chi connectivity index (χ2n) is 35.6. The second-order valence-corrected chi connectivity index (χ2v) is 51.7. The first-order valence-corrected chi connectivity index (χ1v) is 60.4. The van der Waals surface area contributed by atoms with Crippen LogP contribution in [0.2, 0.25) is 25.1 Å². The molecule has 0 spiro atoms. The van der Waals surface area contributed by atoms with Gasteiger partial charge in [-0.2, -0.15) is 0 Å². The molecule has 10 aromatic heterocycles. The fourth-order valence-corrected chi connectivity index (χ4v) is 30.0. The van der Waals surface area contributed by atoms with E-state index < -0.39 is 75.1 Å². The minimum Gasteiger partial charge on any atom is -0.481 e. The molecule has 5 N–H and O–H groups in total. The summed E-state index contributed by atoms with van der Waals surface area (Å²) in [6.45, 7) is 3.46. The summed E-state index contributed by atoms with van der Waals surface area (Å²) in [6, 6.07) is 42.3. The fourth-order valence-electron chi connectivity index (χ4n) is 19.8. The number of hydrogen-bond donors (Lipinski definition) is 5. The van der Waals surface area contributed by atoms with Crippen molar-refractivity contribution in [1.82, 2.24) is 47.8 Å². The van der Waals surface area contributed by atoms with Crippen LogP contribution in [0.5, 0.6) is 0 Å². The van der Waals surface area contributed by atoms with Gasteiger partial charge in [-0.05, 0) is 216 Å². The molecule has 29 nitrogen and oxygen atoms in total. The Morgan fingerprint density at radius 1 is 0.338 bits per heavy atom. The highest BCUT2D eigenvalue weighted by Gasteiger charge is 2.41. The standard InChI is InChI=1S/C21H19ClN2O5S.C20H19BrN2O4S2.C20H18Cl2N2O4S2.C20H19ClN2O4S2.C20H19ClN2O2S2/c1-30(28,29)15-8-9-23-21-17(15)18(20(27)12-4-6-14(22)7-5-12)19-13(11-16(25)26)3-2-10-24(19)21;1-29(26,27)15-8-9-22-20-17(15)19(28-14-6-4-13(21)5-7-14)18-12(11-16(24)25)3-2-10-23(18)20;1-30(27,28)15-6-7-23-20-17(15)19(29-12-4-5-13(21)14(22)10-12)18-11(9-16(25)26)3-2-8-24(18)20;1-29(26,27)15-8-9-22-20-17(15)19(28-14-6-4-13(21)5-7-14)18-12(11-16(24)25)3-2-10-23(18)20;1-26-15-8-9-22-20-17(15)19(27-14-6-4-13(21)5-7-14)18-12(11-16(24)25)3-2-10-23(18)20/h4-9,13H,2-3,10-11H2,1H3,(H,25,26);4-9,12H,2-3,10-11H2,1H3,(H,24,25);4-7,10-11H,2-3,8-9H2,1H3,(H,25,26);4-9,12H,2-3,10-11H2,1H3,(H,24,25);4-9,12H,2-3,10-11H2,1H3,(H,24,25). The highest BCUT2D eigenvalue weighted by molar-refractivity contribution is 9.10. The molecule has 5 unspecified atom stereocenters. The third-order valence-electron chi connectivity index (χ3n) is 25.6. The number of fused-ring (bicyclic) bond motifs is 15. The number of ketones is 1. The molecule has 0 amide bonds. The van der Waals surface area contributed by atoms with Crippen LogP contribution in [-0.4, -0.2) is 174 Å². The molecule has 5 aliphatic heterocycles. The number of carboxylic acid groups (broad SMARTS) is 5. The van der Waals surface area contributed by atoms with Crippen LogP contribution in [-0.2, 0) is 96.0 Å². The second kappa shape index (κ2) is 45.2. The van der Waals surface area contributed by atoms with Crippen molar-refractivity contribution in [2.45, 2.75) is 222 Å². The number of carbonyl (C=O) groups is 6. The lowest BCUT2D eigenvalue weighted by molar-refractivity contribution is -0.138. The summed E-state index contributed by atoms with van der Waals surface area (Å²) in [7, 11) is -14.2. The molecule has 0 aliphatic carbocycles. The van der Waals surface area contributed by atoms with Crippen molar-refractivity contribution in [3.8, 4) is 0 Å². The van der Waals surface area contributed by atoms with Gasteiger partial charge in [0.05, 0.1) is 83.5 Å². The maximum absolute atomic E-state index is 13.6. The van der Waals surface area contributed by atoms with Gasteiger partial charge in [0.25, 0.3) is 0 Å². The van der Waals surface area contributed by atoms with Crippen molar-refractivity contribution in [2.75, 3.05) is 31.3 Å². The van der Waals surface area contributed by atoms with Crippen molar-refractivity contribution in [3.63, 3.8) is 0 Å². The van der Waals surface area contributed by atoms with Gasteiger partial charge in [-0.1, -0.05) is 121 Å². The summed E-state index contributed by atoms with van der Waals surface area (Å²) >= 11 is 41.3. The normalized spacial score (nSPS) is 16.6. The van der Waals surface area contributed by atoms with Crippen molar-refractivity contribution >= 4 is 263 Å². The Balaban J connectivity index is 0.000000130. The highest BCUT2D eigenvalue weighted by atomic mass is 79.9. The lowest BCUT2D eigenvalue weighted by Gasteiger charge is -2.25. The molecule has 44 heteroatoms. The summed E-state index contributed by atoms with van der Waals surface area (Å²) in [5.74, 6) is -5.72. The maximum atomic E-state index is 13.6. The molecule has 5 aromatic carbocycles. The molecule has 20 rings (SSSR count). The number of halogens is 6. The number of aryl methyl sites for hydroxylation is 5. The third kappa shape index (κ3) is 23.9. The smallest absolute Gasteiger partial charge is 0.304 e. The number of nitrogens with zero attached hydrogens (tertiary/aromatic N) is 10. The van der Waals surface area contributed by atoms with Crippen LogP contribution >= 0.6 is 133 Å². The number of carbonyl (C=O) groups excluding carboxylic acids is 1. The Morgan fingerprint density at radius 3 is 0.910 bits per heavy atom. The molecule has 15 heterocycles. The minimum absolute atomic E-state index is 0.00128. The van der Waals surface area contributed by atoms with Crippen molar-refractivity contribution in [1.29, 1.82) is 0 Å². The number of carboxylic acids is 5. The first-order chi connectivity index (χ1) is 68.9. The number of aliphatic carboxylic acids is 5. The number of aromatic nitrogens is 10. The molecule has 758 valence electrons. The van der Waals surface area contributed by atoms with Crippen LogP contribution < -0.4 is 0 Å². The quantitative estimate of drug-likeness (QED) is 0.0262. The van der Waals surface area contributed by atoms with Gasteiger partial charge in [-0.3, -0.25) is 28.8 Å². The van der Waals surface area contributed by atoms with Gasteiger partial charge >= 0.3 is 29.8 Å². The zero-order chi connectivity index (χ0) is 104. The van der Waals surface area contributed by atoms with E-state index in [9.17, 15) is 88.0 Å². The van der Waals surface area contributed by atoms with E-state index in [0.717, 1.165) is 130 Å². The largest absolute Gasteiger partial charge is 0.481 e. The lowest BCUT2D eigenvalue weighted by atomic mass is 9.88. The molecular weight excluding hydrogens is 2200 g/mol. The van der Waals surface area contributed by atoms with Crippen LogP contribution in [0.25, 0.3) is 55.2 Å². The molecule has 0 saturated carbocycles. The SMILES string of the molecule is CS(=O)(=O)c1ccnc2c1c(C(=O)c1ccc(Cl)cc1)c1n2CCCC1CC(=O)O.CS(=O)(=O)c1ccnc2c1c(Sc1ccc(Br)cc1)c1n2CCCC1CC(=O)O.CS(=O)(=O)c1ccnc2c1c(Sc1ccc(Cl)c(Cl)c1)c1n2CCCC1CC(=O)O.CS(=O)(=O)c1ccnc2c1c(Sc1ccc(Cl)cc1)c1n2CCCC1CC(=O)O.CSc1ccnc2c1c(Sc1ccc(Cl)cc1)c1n2CCCC1CC(=O)O. The van der Waals surface area contributed by atoms with E-state index in [1.807, 2.05) is 91.2 Å². The van der Waals surface area contributed by atoms with Crippen molar-refractivity contribution < 1.29 is 88.0 Å². The molecule has 5 aliphatic rings. The van der Waals surface area contributed by atoms with Crippen LogP contribution in [0.3, 0.4) is 0 Å². The Kier molecular flexibility index (Phi) is 33.6. The van der Waals surface area contributed by atoms with Gasteiger partial charge in [0, 0.05) is 227 Å². The Labute approximate surface area is 889 Å². The van der Waals surface area contributed by atoms with Crippen LogP contribution in [0.1, 0.15) is 170 Å². The van der Waals surface area contributed by atoms with Crippen molar-refractivity contribution in [3.05, 3.63) is 246 Å². The summed E-state index contributed by atoms with van der Waals surface area (Å²) in [4.78, 5) is 102. The lowest BCUT2D eigenvalue weighted by Crippen LogP contribution is -2.20. The van der Waals surface area contributed by atoms with Gasteiger partial charge < -0.3 is 48.4 Å². The van der Waals surface area contributed by atoms with Gasteiger partial charge in [0.15, 0.2) is 45.1 Å². The summed E-state index contributed by atoms with van der Waals surface area (Å²) in [6.07, 6.45) is 22.3. The predicted molar refractivity (Wildman–Crippen MR) is 569 cm³/mol.